The average molecular weight is 283 g/mol. The molecule has 2 aromatic carbocycles. The third-order valence-corrected chi connectivity index (χ3v) is 2.99. The predicted molar refractivity (Wildman–Crippen MR) is 78.3 cm³/mol. The number of anilines is 1. The molecule has 0 atom stereocenters. The van der Waals surface area contributed by atoms with Gasteiger partial charge in [0.25, 0.3) is 5.91 Å². The van der Waals surface area contributed by atoms with Crippen LogP contribution >= 0.6 is 0 Å². The van der Waals surface area contributed by atoms with Crippen molar-refractivity contribution in [3.05, 3.63) is 65.0 Å². The van der Waals surface area contributed by atoms with Gasteiger partial charge in [-0.25, -0.2) is 4.39 Å². The van der Waals surface area contributed by atoms with Crippen molar-refractivity contribution < 1.29 is 9.18 Å². The summed E-state index contributed by atoms with van der Waals surface area (Å²) in [4.78, 5) is 12.1. The van der Waals surface area contributed by atoms with Gasteiger partial charge in [-0.3, -0.25) is 4.79 Å². The first kappa shape index (κ1) is 14.7. The second kappa shape index (κ2) is 6.64. The number of nitrogens with zero attached hydrogens (tertiary/aromatic N) is 1. The van der Waals surface area contributed by atoms with Gasteiger partial charge in [0.1, 0.15) is 11.9 Å². The Balaban J connectivity index is 2.12. The largest absolute Gasteiger partial charge is 0.330 e. The molecule has 0 bridgehead atoms. The maximum atomic E-state index is 13.2. The summed E-state index contributed by atoms with van der Waals surface area (Å²) >= 11 is 0. The molecule has 1 amide bonds. The number of hydrogen-bond donors (Lipinski definition) is 2. The van der Waals surface area contributed by atoms with E-state index in [0.717, 1.165) is 18.1 Å². The number of nitriles is 1. The molecule has 3 N–H and O–H groups in total. The normalized spacial score (nSPS) is 9.95. The Kier molecular flexibility index (Phi) is 4.64. The van der Waals surface area contributed by atoms with E-state index >= 15 is 0 Å². The lowest BCUT2D eigenvalue weighted by Gasteiger charge is -2.07. The average Bonchev–Trinajstić information content (AvgIpc) is 2.50. The summed E-state index contributed by atoms with van der Waals surface area (Å²) in [5.74, 6) is -0.925. The Labute approximate surface area is 122 Å². The summed E-state index contributed by atoms with van der Waals surface area (Å²) in [5.41, 5.74) is 7.28. The lowest BCUT2D eigenvalue weighted by atomic mass is 10.1. The van der Waals surface area contributed by atoms with Crippen LogP contribution in [0.4, 0.5) is 10.1 Å². The van der Waals surface area contributed by atoms with E-state index in [1.807, 2.05) is 12.1 Å². The fourth-order valence-corrected chi connectivity index (χ4v) is 1.88. The van der Waals surface area contributed by atoms with Gasteiger partial charge in [-0.05, 0) is 48.9 Å². The molecule has 106 valence electrons. The highest BCUT2D eigenvalue weighted by Gasteiger charge is 2.08. The summed E-state index contributed by atoms with van der Waals surface area (Å²) in [6, 6.07) is 12.7. The number of halogens is 1. The second-order valence-electron chi connectivity index (χ2n) is 4.50. The van der Waals surface area contributed by atoms with Gasteiger partial charge in [0.15, 0.2) is 0 Å². The number of hydrogen-bond acceptors (Lipinski definition) is 3. The fraction of sp³-hybridized carbons (Fsp3) is 0.125. The van der Waals surface area contributed by atoms with E-state index in [0.29, 0.717) is 17.8 Å². The number of nitrogens with two attached hydrogens (primary N) is 1. The van der Waals surface area contributed by atoms with Crippen molar-refractivity contribution in [1.82, 2.24) is 0 Å². The monoisotopic (exact) mass is 283 g/mol. The first-order valence-corrected chi connectivity index (χ1v) is 6.44. The van der Waals surface area contributed by atoms with E-state index in [1.54, 1.807) is 18.2 Å². The summed E-state index contributed by atoms with van der Waals surface area (Å²) in [7, 11) is 0. The molecule has 0 aliphatic carbocycles. The Bertz CT molecular complexity index is 690. The summed E-state index contributed by atoms with van der Waals surface area (Å²) < 4.78 is 13.2. The maximum absolute atomic E-state index is 13.2. The van der Waals surface area contributed by atoms with Crippen LogP contribution in [-0.4, -0.2) is 12.5 Å². The van der Waals surface area contributed by atoms with Gasteiger partial charge in [0.2, 0.25) is 0 Å². The molecule has 2 aromatic rings. The van der Waals surface area contributed by atoms with Gasteiger partial charge in [0, 0.05) is 11.3 Å². The van der Waals surface area contributed by atoms with Crippen molar-refractivity contribution in [3.63, 3.8) is 0 Å². The molecule has 0 radical (unpaired) electrons. The molecule has 0 saturated heterocycles. The second-order valence-corrected chi connectivity index (χ2v) is 4.50. The van der Waals surface area contributed by atoms with E-state index in [4.69, 9.17) is 11.0 Å². The quantitative estimate of drug-likeness (QED) is 0.904. The molecule has 21 heavy (non-hydrogen) atoms. The minimum atomic E-state index is -0.610. The molecule has 0 aliphatic rings. The first-order chi connectivity index (χ1) is 10.1. The summed E-state index contributed by atoms with van der Waals surface area (Å²) in [5, 5.41) is 11.4. The van der Waals surface area contributed by atoms with E-state index in [1.165, 1.54) is 12.1 Å². The number of benzene rings is 2. The molecular weight excluding hydrogens is 269 g/mol. The van der Waals surface area contributed by atoms with Crippen LogP contribution in [0.3, 0.4) is 0 Å². The van der Waals surface area contributed by atoms with Gasteiger partial charge >= 0.3 is 0 Å². The Hall–Kier alpha value is -2.71. The van der Waals surface area contributed by atoms with Gasteiger partial charge in [-0.2, -0.15) is 5.26 Å². The Morgan fingerprint density at radius 2 is 1.95 bits per heavy atom. The first-order valence-electron chi connectivity index (χ1n) is 6.44. The minimum Gasteiger partial charge on any atom is -0.330 e. The van der Waals surface area contributed by atoms with Crippen LogP contribution < -0.4 is 11.1 Å². The van der Waals surface area contributed by atoms with Crippen LogP contribution in [0, 0.1) is 17.1 Å². The van der Waals surface area contributed by atoms with E-state index in [9.17, 15) is 9.18 Å². The molecule has 0 aliphatic heterocycles. The number of carbonyl (C=O) groups excluding carboxylic acids is 1. The van der Waals surface area contributed by atoms with Crippen LogP contribution in [0.15, 0.2) is 42.5 Å². The third-order valence-electron chi connectivity index (χ3n) is 2.99. The van der Waals surface area contributed by atoms with E-state index in [2.05, 4.69) is 5.32 Å². The van der Waals surface area contributed by atoms with Crippen LogP contribution in [0.25, 0.3) is 0 Å². The van der Waals surface area contributed by atoms with Gasteiger partial charge in [0.05, 0.1) is 5.56 Å². The zero-order valence-electron chi connectivity index (χ0n) is 11.3. The smallest absolute Gasteiger partial charge is 0.255 e. The highest BCUT2D eigenvalue weighted by atomic mass is 19.1. The Morgan fingerprint density at radius 3 is 2.57 bits per heavy atom. The van der Waals surface area contributed by atoms with Gasteiger partial charge < -0.3 is 11.1 Å². The van der Waals surface area contributed by atoms with Gasteiger partial charge in [-0.1, -0.05) is 12.1 Å². The van der Waals surface area contributed by atoms with E-state index < -0.39 is 5.82 Å². The number of rotatable bonds is 4. The summed E-state index contributed by atoms with van der Waals surface area (Å²) in [6.45, 7) is 0.554. The van der Waals surface area contributed by atoms with Crippen LogP contribution in [0.2, 0.25) is 0 Å². The molecule has 0 fully saturated rings. The highest BCUT2D eigenvalue weighted by Crippen LogP contribution is 2.15. The molecule has 0 spiro atoms. The molecule has 2 rings (SSSR count). The molecule has 0 unspecified atom stereocenters. The molecule has 4 nitrogen and oxygen atoms in total. The summed E-state index contributed by atoms with van der Waals surface area (Å²) in [6.07, 6.45) is 0.755. The van der Waals surface area contributed by atoms with Crippen LogP contribution in [0.1, 0.15) is 21.5 Å². The topological polar surface area (TPSA) is 78.9 Å². The van der Waals surface area contributed by atoms with Crippen molar-refractivity contribution >= 4 is 11.6 Å². The zero-order chi connectivity index (χ0) is 15.2. The molecule has 0 aromatic heterocycles. The highest BCUT2D eigenvalue weighted by molar-refractivity contribution is 6.04. The lowest BCUT2D eigenvalue weighted by molar-refractivity contribution is 0.102. The zero-order valence-corrected chi connectivity index (χ0v) is 11.3. The Morgan fingerprint density at radius 1 is 1.24 bits per heavy atom. The maximum Gasteiger partial charge on any atom is 0.255 e. The number of nitrogens with one attached hydrogen (secondary N) is 1. The van der Waals surface area contributed by atoms with Gasteiger partial charge in [-0.15, -0.1) is 0 Å². The van der Waals surface area contributed by atoms with E-state index in [-0.39, 0.29) is 11.5 Å². The fourth-order valence-electron chi connectivity index (χ4n) is 1.88. The lowest BCUT2D eigenvalue weighted by Crippen LogP contribution is -2.12. The van der Waals surface area contributed by atoms with Crippen molar-refractivity contribution in [2.75, 3.05) is 11.9 Å². The minimum absolute atomic E-state index is 0.105. The van der Waals surface area contributed by atoms with Crippen molar-refractivity contribution in [1.29, 1.82) is 5.26 Å². The molecular formula is C16H14FN3O. The SMILES string of the molecule is N#Cc1cc(NC(=O)c2ccc(CCN)cc2)ccc1F. The predicted octanol–water partition coefficient (Wildman–Crippen LogP) is 2.45. The van der Waals surface area contributed by atoms with Crippen molar-refractivity contribution in [2.24, 2.45) is 5.73 Å². The van der Waals surface area contributed by atoms with Crippen LogP contribution in [-0.2, 0) is 6.42 Å². The van der Waals surface area contributed by atoms with Crippen LogP contribution in [0.5, 0.6) is 0 Å². The van der Waals surface area contributed by atoms with Crippen molar-refractivity contribution in [3.8, 4) is 6.07 Å². The van der Waals surface area contributed by atoms with Crippen molar-refractivity contribution in [2.45, 2.75) is 6.42 Å². The third kappa shape index (κ3) is 3.65. The standard InChI is InChI=1S/C16H14FN3O/c17-15-6-5-14(9-13(15)10-19)20-16(21)12-3-1-11(2-4-12)7-8-18/h1-6,9H,7-8,18H2,(H,20,21). The number of carbonyl (C=O) groups is 1. The molecule has 0 heterocycles. The number of amides is 1. The molecule has 0 saturated carbocycles. The molecule has 5 heteroatoms.